The van der Waals surface area contributed by atoms with Gasteiger partial charge in [0.1, 0.15) is 5.75 Å². The summed E-state index contributed by atoms with van der Waals surface area (Å²) in [6, 6.07) is 12.5. The minimum atomic E-state index is -3.61. The first-order chi connectivity index (χ1) is 15.1. The molecule has 174 valence electrons. The Morgan fingerprint density at radius 2 is 1.66 bits per heavy atom. The van der Waals surface area contributed by atoms with Crippen LogP contribution in [0.2, 0.25) is 0 Å². The molecule has 0 aliphatic carbocycles. The van der Waals surface area contributed by atoms with Crippen LogP contribution in [0.25, 0.3) is 0 Å². The van der Waals surface area contributed by atoms with Gasteiger partial charge in [0.15, 0.2) is 6.10 Å². The number of sulfonamides is 2. The minimum Gasteiger partial charge on any atom is -0.476 e. The molecule has 0 bridgehead atoms. The zero-order valence-electron chi connectivity index (χ0n) is 18.2. The number of nitrogens with one attached hydrogen (secondary N) is 1. The molecule has 3 rings (SSSR count). The van der Waals surface area contributed by atoms with Gasteiger partial charge in [-0.3, -0.25) is 9.10 Å². The fraction of sp³-hybridized carbons (Fsp3) is 0.381. The molecule has 11 heteroatoms. The molecule has 0 fully saturated rings. The van der Waals surface area contributed by atoms with E-state index >= 15 is 0 Å². The van der Waals surface area contributed by atoms with Gasteiger partial charge in [0, 0.05) is 18.8 Å². The predicted octanol–water partition coefficient (Wildman–Crippen LogP) is 2.27. The highest BCUT2D eigenvalue weighted by Gasteiger charge is 2.36. The molecule has 1 aliphatic rings. The molecule has 9 nitrogen and oxygen atoms in total. The Kier molecular flexibility index (Phi) is 7.11. The fourth-order valence-electron chi connectivity index (χ4n) is 3.40. The molecule has 0 aromatic heterocycles. The third kappa shape index (κ3) is 4.74. The van der Waals surface area contributed by atoms with E-state index < -0.39 is 32.1 Å². The van der Waals surface area contributed by atoms with E-state index in [0.29, 0.717) is 30.2 Å². The number of ether oxygens (including phenoxy) is 1. The molecule has 0 saturated carbocycles. The highest BCUT2D eigenvalue weighted by Crippen LogP contribution is 2.35. The lowest BCUT2D eigenvalue weighted by molar-refractivity contribution is -0.122. The first-order valence-electron chi connectivity index (χ1n) is 10.3. The van der Waals surface area contributed by atoms with Crippen LogP contribution in [0.4, 0.5) is 11.4 Å². The van der Waals surface area contributed by atoms with Crippen LogP contribution in [-0.2, 0) is 24.8 Å². The predicted molar refractivity (Wildman–Crippen MR) is 123 cm³/mol. The van der Waals surface area contributed by atoms with Crippen LogP contribution in [0, 0.1) is 0 Å². The summed E-state index contributed by atoms with van der Waals surface area (Å²) >= 11 is 0. The van der Waals surface area contributed by atoms with Crippen molar-refractivity contribution in [2.75, 3.05) is 35.0 Å². The molecule has 2 aromatic carbocycles. The number of hydrogen-bond acceptors (Lipinski definition) is 6. The Labute approximate surface area is 189 Å². The number of fused-ring (bicyclic) bond motifs is 1. The molecule has 0 unspecified atom stereocenters. The molecular formula is C21H27N3O6S2. The number of nitrogens with zero attached hydrogens (tertiary/aromatic N) is 2. The van der Waals surface area contributed by atoms with Gasteiger partial charge in [-0.05, 0) is 43.3 Å². The lowest BCUT2D eigenvalue weighted by Crippen LogP contribution is -2.49. The largest absolute Gasteiger partial charge is 0.476 e. The second-order valence-corrected chi connectivity index (χ2v) is 11.2. The Morgan fingerprint density at radius 1 is 1.03 bits per heavy atom. The summed E-state index contributed by atoms with van der Waals surface area (Å²) < 4.78 is 58.6. The maximum atomic E-state index is 12.8. The number of benzene rings is 2. The SMILES string of the molecule is CCN(CC)S(=O)(=O)c1ccc(NC(=O)[C@@H]2CN(S(=O)(=O)CC)c3ccccc3O2)cc1. The van der Waals surface area contributed by atoms with Gasteiger partial charge in [0.25, 0.3) is 5.91 Å². The molecule has 2 aromatic rings. The van der Waals surface area contributed by atoms with Gasteiger partial charge in [0.05, 0.1) is 22.9 Å². The van der Waals surface area contributed by atoms with Gasteiger partial charge in [-0.2, -0.15) is 4.31 Å². The quantitative estimate of drug-likeness (QED) is 0.619. The summed E-state index contributed by atoms with van der Waals surface area (Å²) in [6.45, 7) is 5.62. The Morgan fingerprint density at radius 3 is 2.25 bits per heavy atom. The highest BCUT2D eigenvalue weighted by atomic mass is 32.2. The summed E-state index contributed by atoms with van der Waals surface area (Å²) in [5.41, 5.74) is 0.769. The number of carbonyl (C=O) groups is 1. The number of rotatable bonds is 8. The van der Waals surface area contributed by atoms with E-state index in [2.05, 4.69) is 5.32 Å². The van der Waals surface area contributed by atoms with Crippen LogP contribution in [-0.4, -0.2) is 58.5 Å². The molecule has 32 heavy (non-hydrogen) atoms. The molecule has 0 radical (unpaired) electrons. The van der Waals surface area contributed by atoms with Gasteiger partial charge in [-0.25, -0.2) is 16.8 Å². The lowest BCUT2D eigenvalue weighted by Gasteiger charge is -2.34. The number of amides is 1. The standard InChI is InChI=1S/C21H27N3O6S2/c1-4-23(5-2)32(28,29)17-13-11-16(12-14-17)22-21(25)20-15-24(31(26,27)6-3)18-9-7-8-10-19(18)30-20/h7-14,20H,4-6,15H2,1-3H3,(H,22,25)/t20-/m0/s1. The van der Waals surface area contributed by atoms with Crippen LogP contribution in [0.5, 0.6) is 5.75 Å². The van der Waals surface area contributed by atoms with E-state index in [1.807, 2.05) is 0 Å². The Balaban J connectivity index is 1.79. The molecule has 1 N–H and O–H groups in total. The van der Waals surface area contributed by atoms with Crippen molar-refractivity contribution in [3.63, 3.8) is 0 Å². The van der Waals surface area contributed by atoms with Crippen LogP contribution >= 0.6 is 0 Å². The number of carbonyl (C=O) groups excluding carboxylic acids is 1. The van der Waals surface area contributed by atoms with Crippen LogP contribution in [0.3, 0.4) is 0 Å². The van der Waals surface area contributed by atoms with E-state index in [-0.39, 0.29) is 17.2 Å². The second-order valence-electron chi connectivity index (χ2n) is 7.11. The van der Waals surface area contributed by atoms with Gasteiger partial charge in [0.2, 0.25) is 20.0 Å². The van der Waals surface area contributed by atoms with Crippen molar-refractivity contribution in [3.8, 4) is 5.75 Å². The average Bonchev–Trinajstić information content (AvgIpc) is 2.79. The normalized spacial score (nSPS) is 16.4. The topological polar surface area (TPSA) is 113 Å². The number of hydrogen-bond donors (Lipinski definition) is 1. The number of anilines is 2. The van der Waals surface area contributed by atoms with E-state index in [0.717, 1.165) is 0 Å². The van der Waals surface area contributed by atoms with Crippen molar-refractivity contribution in [2.45, 2.75) is 31.8 Å². The Hall–Kier alpha value is -2.63. The molecular weight excluding hydrogens is 454 g/mol. The third-order valence-corrected chi connectivity index (χ3v) is 9.00. The summed E-state index contributed by atoms with van der Waals surface area (Å²) in [5.74, 6) is -0.343. The Bertz CT molecular complexity index is 1180. The zero-order chi connectivity index (χ0) is 23.5. The van der Waals surface area contributed by atoms with Gasteiger partial charge >= 0.3 is 0 Å². The third-order valence-electron chi connectivity index (χ3n) is 5.19. The molecule has 0 spiro atoms. The van der Waals surface area contributed by atoms with Crippen molar-refractivity contribution in [3.05, 3.63) is 48.5 Å². The molecule has 1 heterocycles. The first kappa shape index (κ1) is 24.0. The molecule has 1 amide bonds. The van der Waals surface area contributed by atoms with Gasteiger partial charge in [-0.15, -0.1) is 0 Å². The minimum absolute atomic E-state index is 0.113. The van der Waals surface area contributed by atoms with Crippen molar-refractivity contribution in [1.29, 1.82) is 0 Å². The number of para-hydroxylation sites is 2. The van der Waals surface area contributed by atoms with Crippen LogP contribution in [0.15, 0.2) is 53.4 Å². The van der Waals surface area contributed by atoms with Crippen LogP contribution < -0.4 is 14.4 Å². The average molecular weight is 482 g/mol. The summed E-state index contributed by atoms with van der Waals surface area (Å²) in [5, 5.41) is 2.67. The van der Waals surface area contributed by atoms with Crippen molar-refractivity contribution in [1.82, 2.24) is 4.31 Å². The van der Waals surface area contributed by atoms with E-state index in [1.165, 1.54) is 39.8 Å². The summed E-state index contributed by atoms with van der Waals surface area (Å²) in [4.78, 5) is 13.0. The second kappa shape index (κ2) is 9.47. The maximum Gasteiger partial charge on any atom is 0.267 e. The fourth-order valence-corrected chi connectivity index (χ4v) is 5.99. The van der Waals surface area contributed by atoms with Crippen LogP contribution in [0.1, 0.15) is 20.8 Å². The van der Waals surface area contributed by atoms with E-state index in [4.69, 9.17) is 4.74 Å². The van der Waals surface area contributed by atoms with Gasteiger partial charge in [-0.1, -0.05) is 26.0 Å². The van der Waals surface area contributed by atoms with Crippen molar-refractivity contribution >= 4 is 37.3 Å². The lowest BCUT2D eigenvalue weighted by atomic mass is 10.2. The summed E-state index contributed by atoms with van der Waals surface area (Å²) in [6.07, 6.45) is -1.06. The smallest absolute Gasteiger partial charge is 0.267 e. The molecule has 1 atom stereocenters. The molecule has 1 aliphatic heterocycles. The molecule has 0 saturated heterocycles. The maximum absolute atomic E-state index is 12.8. The van der Waals surface area contributed by atoms with Gasteiger partial charge < -0.3 is 10.1 Å². The highest BCUT2D eigenvalue weighted by molar-refractivity contribution is 7.92. The zero-order valence-corrected chi connectivity index (χ0v) is 19.8. The monoisotopic (exact) mass is 481 g/mol. The van der Waals surface area contributed by atoms with Crippen molar-refractivity contribution < 1.29 is 26.4 Å². The first-order valence-corrected chi connectivity index (χ1v) is 13.4. The van der Waals surface area contributed by atoms with E-state index in [9.17, 15) is 21.6 Å². The van der Waals surface area contributed by atoms with E-state index in [1.54, 1.807) is 38.1 Å². The van der Waals surface area contributed by atoms with Crippen molar-refractivity contribution in [2.24, 2.45) is 0 Å². The summed E-state index contributed by atoms with van der Waals surface area (Å²) in [7, 11) is -7.21.